The van der Waals surface area contributed by atoms with Crippen molar-refractivity contribution in [3.63, 3.8) is 0 Å². The van der Waals surface area contributed by atoms with Gasteiger partial charge in [0.2, 0.25) is 0 Å². The van der Waals surface area contributed by atoms with Crippen molar-refractivity contribution in [2.45, 2.75) is 58.5 Å². The first-order chi connectivity index (χ1) is 14.0. The molecule has 4 nitrogen and oxygen atoms in total. The molecule has 1 saturated heterocycles. The first-order valence-electron chi connectivity index (χ1n) is 10.8. The maximum absolute atomic E-state index is 13.3. The summed E-state index contributed by atoms with van der Waals surface area (Å²) in [5, 5.41) is 6.58. The Morgan fingerprint density at radius 2 is 1.66 bits per heavy atom. The van der Waals surface area contributed by atoms with Gasteiger partial charge in [-0.15, -0.1) is 0 Å². The summed E-state index contributed by atoms with van der Waals surface area (Å²) in [5.41, 5.74) is 5.72. The fraction of sp³-hybridized carbons (Fsp3) is 0.440. The molecule has 0 aliphatic carbocycles. The van der Waals surface area contributed by atoms with Gasteiger partial charge in [0.15, 0.2) is 0 Å². The SMILES string of the molecule is Cc1ccc(C2=NN(C(=O)CN3CCCC[C@@H]3C)[C@H](c3ccc(C)cc3)C2)cc1. The lowest BCUT2D eigenvalue weighted by Gasteiger charge is -2.34. The third kappa shape index (κ3) is 4.43. The average Bonchev–Trinajstić information content (AvgIpc) is 3.16. The molecule has 0 aromatic heterocycles. The number of amides is 1. The van der Waals surface area contributed by atoms with Gasteiger partial charge in [-0.2, -0.15) is 5.10 Å². The molecule has 1 amide bonds. The topological polar surface area (TPSA) is 35.9 Å². The summed E-state index contributed by atoms with van der Waals surface area (Å²) in [5.74, 6) is 0.103. The minimum atomic E-state index is -0.0282. The molecule has 2 atom stereocenters. The number of benzene rings is 2. The van der Waals surface area contributed by atoms with Gasteiger partial charge < -0.3 is 0 Å². The molecule has 2 aliphatic rings. The van der Waals surface area contributed by atoms with Crippen LogP contribution in [0.2, 0.25) is 0 Å². The van der Waals surface area contributed by atoms with E-state index in [2.05, 4.69) is 74.2 Å². The van der Waals surface area contributed by atoms with E-state index < -0.39 is 0 Å². The molecular weight excluding hydrogens is 358 g/mol. The van der Waals surface area contributed by atoms with E-state index in [-0.39, 0.29) is 11.9 Å². The predicted molar refractivity (Wildman–Crippen MR) is 118 cm³/mol. The van der Waals surface area contributed by atoms with Gasteiger partial charge in [0.25, 0.3) is 5.91 Å². The second-order valence-electron chi connectivity index (χ2n) is 8.60. The van der Waals surface area contributed by atoms with Crippen molar-refractivity contribution in [1.82, 2.24) is 9.91 Å². The quantitative estimate of drug-likeness (QED) is 0.749. The highest BCUT2D eigenvalue weighted by molar-refractivity contribution is 6.03. The predicted octanol–water partition coefficient (Wildman–Crippen LogP) is 4.86. The van der Waals surface area contributed by atoms with Crippen LogP contribution in [0.4, 0.5) is 0 Å². The lowest BCUT2D eigenvalue weighted by molar-refractivity contribution is -0.135. The Hall–Kier alpha value is -2.46. The second-order valence-corrected chi connectivity index (χ2v) is 8.60. The van der Waals surface area contributed by atoms with E-state index in [0.29, 0.717) is 12.6 Å². The van der Waals surface area contributed by atoms with Crippen LogP contribution in [-0.4, -0.2) is 40.7 Å². The van der Waals surface area contributed by atoms with Crippen LogP contribution in [0.15, 0.2) is 53.6 Å². The summed E-state index contributed by atoms with van der Waals surface area (Å²) in [4.78, 5) is 15.6. The molecule has 0 spiro atoms. The van der Waals surface area contributed by atoms with Crippen LogP contribution in [0, 0.1) is 13.8 Å². The normalized spacial score (nSPS) is 22.6. The van der Waals surface area contributed by atoms with Gasteiger partial charge in [-0.25, -0.2) is 5.01 Å². The zero-order chi connectivity index (χ0) is 20.4. The van der Waals surface area contributed by atoms with Gasteiger partial charge >= 0.3 is 0 Å². The number of nitrogens with zero attached hydrogens (tertiary/aromatic N) is 3. The minimum Gasteiger partial charge on any atom is -0.292 e. The van der Waals surface area contributed by atoms with Gasteiger partial charge in [0, 0.05) is 12.5 Å². The number of hydrogen-bond acceptors (Lipinski definition) is 3. The number of carbonyl (C=O) groups is 1. The van der Waals surface area contributed by atoms with Gasteiger partial charge in [-0.3, -0.25) is 9.69 Å². The number of hydrogen-bond donors (Lipinski definition) is 0. The van der Waals surface area contributed by atoms with Crippen molar-refractivity contribution in [1.29, 1.82) is 0 Å². The van der Waals surface area contributed by atoms with Crippen LogP contribution in [0.5, 0.6) is 0 Å². The van der Waals surface area contributed by atoms with Gasteiger partial charge in [0.05, 0.1) is 18.3 Å². The van der Waals surface area contributed by atoms with Crippen molar-refractivity contribution >= 4 is 11.6 Å². The van der Waals surface area contributed by atoms with E-state index in [0.717, 1.165) is 29.8 Å². The summed E-state index contributed by atoms with van der Waals surface area (Å²) < 4.78 is 0. The maximum atomic E-state index is 13.3. The van der Waals surface area contributed by atoms with Crippen molar-refractivity contribution < 1.29 is 4.79 Å². The molecule has 0 radical (unpaired) electrons. The standard InChI is InChI=1S/C25H31N3O/c1-18-7-11-21(12-8-18)23-16-24(22-13-9-19(2)10-14-22)28(26-23)25(29)17-27-15-5-4-6-20(27)3/h7-14,20,24H,4-6,15-17H2,1-3H3/t20-,24-/m0/s1. The zero-order valence-electron chi connectivity index (χ0n) is 17.8. The Morgan fingerprint density at radius 1 is 1.00 bits per heavy atom. The van der Waals surface area contributed by atoms with Gasteiger partial charge in [-0.05, 0) is 51.3 Å². The van der Waals surface area contributed by atoms with E-state index in [1.165, 1.54) is 30.4 Å². The summed E-state index contributed by atoms with van der Waals surface area (Å²) in [6.45, 7) is 7.87. The van der Waals surface area contributed by atoms with Crippen molar-refractivity contribution in [3.8, 4) is 0 Å². The Morgan fingerprint density at radius 3 is 2.31 bits per heavy atom. The first-order valence-corrected chi connectivity index (χ1v) is 10.8. The number of aryl methyl sites for hydroxylation is 2. The van der Waals surface area contributed by atoms with E-state index in [1.54, 1.807) is 5.01 Å². The zero-order valence-corrected chi connectivity index (χ0v) is 17.8. The highest BCUT2D eigenvalue weighted by Crippen LogP contribution is 2.33. The van der Waals surface area contributed by atoms with E-state index in [9.17, 15) is 4.79 Å². The average molecular weight is 390 g/mol. The lowest BCUT2D eigenvalue weighted by Crippen LogP contribution is -2.44. The maximum Gasteiger partial charge on any atom is 0.257 e. The molecule has 4 rings (SSSR count). The van der Waals surface area contributed by atoms with Crippen LogP contribution in [-0.2, 0) is 4.79 Å². The minimum absolute atomic E-state index is 0.0282. The van der Waals surface area contributed by atoms with Gasteiger partial charge in [0.1, 0.15) is 0 Å². The number of rotatable bonds is 4. The third-order valence-electron chi connectivity index (χ3n) is 6.29. The number of likely N-dealkylation sites (tertiary alicyclic amines) is 1. The molecular formula is C25H31N3O. The molecule has 2 aromatic rings. The molecule has 0 unspecified atom stereocenters. The highest BCUT2D eigenvalue weighted by Gasteiger charge is 2.34. The molecule has 0 bridgehead atoms. The Bertz CT molecular complexity index is 885. The molecule has 29 heavy (non-hydrogen) atoms. The summed E-state index contributed by atoms with van der Waals surface area (Å²) >= 11 is 0. The van der Waals surface area contributed by atoms with Crippen molar-refractivity contribution in [3.05, 3.63) is 70.8 Å². The highest BCUT2D eigenvalue weighted by atomic mass is 16.2. The van der Waals surface area contributed by atoms with Crippen LogP contribution in [0.3, 0.4) is 0 Å². The fourth-order valence-corrected chi connectivity index (χ4v) is 4.35. The molecule has 152 valence electrons. The second kappa shape index (κ2) is 8.50. The van der Waals surface area contributed by atoms with Crippen LogP contribution in [0.25, 0.3) is 0 Å². The monoisotopic (exact) mass is 389 g/mol. The molecule has 2 aliphatic heterocycles. The number of piperidine rings is 1. The molecule has 2 aromatic carbocycles. The van der Waals surface area contributed by atoms with Crippen LogP contribution >= 0.6 is 0 Å². The molecule has 2 heterocycles. The van der Waals surface area contributed by atoms with Gasteiger partial charge in [-0.1, -0.05) is 66.1 Å². The molecule has 4 heteroatoms. The smallest absolute Gasteiger partial charge is 0.257 e. The molecule has 0 saturated carbocycles. The number of hydrazone groups is 1. The van der Waals surface area contributed by atoms with Crippen molar-refractivity contribution in [2.24, 2.45) is 5.10 Å². The molecule has 1 fully saturated rings. The van der Waals surface area contributed by atoms with E-state index in [4.69, 9.17) is 5.10 Å². The molecule has 0 N–H and O–H groups in total. The van der Waals surface area contributed by atoms with E-state index >= 15 is 0 Å². The Balaban J connectivity index is 1.60. The fourth-order valence-electron chi connectivity index (χ4n) is 4.35. The first kappa shape index (κ1) is 19.8. The Labute approximate surface area is 174 Å². The van der Waals surface area contributed by atoms with Crippen molar-refractivity contribution in [2.75, 3.05) is 13.1 Å². The summed E-state index contributed by atoms with van der Waals surface area (Å²) in [6.07, 6.45) is 4.37. The Kier molecular flexibility index (Phi) is 5.81. The third-order valence-corrected chi connectivity index (χ3v) is 6.29. The lowest BCUT2D eigenvalue weighted by atomic mass is 9.97. The van der Waals surface area contributed by atoms with Crippen LogP contribution < -0.4 is 0 Å². The summed E-state index contributed by atoms with van der Waals surface area (Å²) in [6, 6.07) is 17.4. The summed E-state index contributed by atoms with van der Waals surface area (Å²) in [7, 11) is 0. The van der Waals surface area contributed by atoms with Crippen LogP contribution in [0.1, 0.15) is 60.9 Å². The number of carbonyl (C=O) groups excluding carboxylic acids is 1. The van der Waals surface area contributed by atoms with E-state index in [1.807, 2.05) is 0 Å². The largest absolute Gasteiger partial charge is 0.292 e.